The number of rotatable bonds is 4. The van der Waals surface area contributed by atoms with Crippen molar-refractivity contribution in [1.82, 2.24) is 4.98 Å². The summed E-state index contributed by atoms with van der Waals surface area (Å²) in [6.07, 6.45) is 1.62. The number of ether oxygens (including phenoxy) is 1. The fourth-order valence-corrected chi connectivity index (χ4v) is 1.93. The number of benzene rings is 1. The van der Waals surface area contributed by atoms with Gasteiger partial charge in [0, 0.05) is 27.5 Å². The van der Waals surface area contributed by atoms with E-state index in [4.69, 9.17) is 4.74 Å². The second-order valence-corrected chi connectivity index (χ2v) is 5.21. The smallest absolute Gasteiger partial charge is 0.310 e. The van der Waals surface area contributed by atoms with Gasteiger partial charge in [0.15, 0.2) is 5.75 Å². The third-order valence-electron chi connectivity index (χ3n) is 2.61. The molecule has 0 aliphatic rings. The number of nitrogens with one attached hydrogen (secondary N) is 1. The first-order chi connectivity index (χ1) is 10.0. The Morgan fingerprint density at radius 3 is 2.71 bits per heavy atom. The molecule has 0 fully saturated rings. The lowest BCUT2D eigenvalue weighted by Gasteiger charge is -2.06. The molecule has 108 valence electrons. The number of halogens is 1. The van der Waals surface area contributed by atoms with Crippen molar-refractivity contribution >= 4 is 40.0 Å². The molecule has 1 aromatic heterocycles. The molecule has 0 radical (unpaired) electrons. The van der Waals surface area contributed by atoms with Gasteiger partial charge in [0.05, 0.1) is 12.0 Å². The fraction of sp³-hybridized carbons (Fsp3) is 0.0769. The quantitative estimate of drug-likeness (QED) is 0.485. The van der Waals surface area contributed by atoms with Crippen molar-refractivity contribution in [3.63, 3.8) is 0 Å². The lowest BCUT2D eigenvalue weighted by atomic mass is 10.1. The molecule has 0 saturated carbocycles. The molecular weight excluding hydrogens is 389 g/mol. The van der Waals surface area contributed by atoms with Crippen LogP contribution in [0.15, 0.2) is 36.5 Å². The second-order valence-electron chi connectivity index (χ2n) is 3.96. The molecule has 1 aromatic carbocycles. The summed E-state index contributed by atoms with van der Waals surface area (Å²) in [7, 11) is 1.31. The van der Waals surface area contributed by atoms with Crippen LogP contribution in [0.4, 0.5) is 11.5 Å². The summed E-state index contributed by atoms with van der Waals surface area (Å²) in [5, 5.41) is 13.4. The fourth-order valence-electron chi connectivity index (χ4n) is 1.61. The number of methoxy groups -OCH3 is 1. The van der Waals surface area contributed by atoms with Crippen molar-refractivity contribution in [1.29, 1.82) is 0 Å². The van der Waals surface area contributed by atoms with Crippen LogP contribution in [0, 0.1) is 13.7 Å². The first kappa shape index (κ1) is 15.2. The molecular formula is C13H10IN3O4. The Bertz CT molecular complexity index is 688. The maximum atomic E-state index is 12.1. The summed E-state index contributed by atoms with van der Waals surface area (Å²) in [5.74, 6) is 0.0119. The van der Waals surface area contributed by atoms with Crippen molar-refractivity contribution in [3.05, 3.63) is 55.8 Å². The van der Waals surface area contributed by atoms with Gasteiger partial charge in [-0.25, -0.2) is 4.98 Å². The normalized spacial score (nSPS) is 10.0. The molecule has 0 atom stereocenters. The molecule has 2 aromatic rings. The predicted octanol–water partition coefficient (Wildman–Crippen LogP) is 2.86. The number of hydrogen-bond donors (Lipinski definition) is 1. The van der Waals surface area contributed by atoms with E-state index in [-0.39, 0.29) is 17.0 Å². The molecule has 1 heterocycles. The van der Waals surface area contributed by atoms with E-state index in [0.29, 0.717) is 5.82 Å². The van der Waals surface area contributed by atoms with Gasteiger partial charge in [0.25, 0.3) is 5.91 Å². The van der Waals surface area contributed by atoms with Gasteiger partial charge >= 0.3 is 5.69 Å². The van der Waals surface area contributed by atoms with Crippen LogP contribution in [0.3, 0.4) is 0 Å². The van der Waals surface area contributed by atoms with Crippen LogP contribution in [0.5, 0.6) is 5.75 Å². The monoisotopic (exact) mass is 399 g/mol. The Labute approximate surface area is 133 Å². The molecule has 0 unspecified atom stereocenters. The maximum Gasteiger partial charge on any atom is 0.310 e. The second kappa shape index (κ2) is 6.48. The van der Waals surface area contributed by atoms with Gasteiger partial charge in [-0.3, -0.25) is 14.9 Å². The van der Waals surface area contributed by atoms with Crippen LogP contribution in [0.25, 0.3) is 0 Å². The van der Waals surface area contributed by atoms with Gasteiger partial charge in [-0.15, -0.1) is 0 Å². The largest absolute Gasteiger partial charge is 0.490 e. The third kappa shape index (κ3) is 3.66. The van der Waals surface area contributed by atoms with E-state index in [9.17, 15) is 14.9 Å². The number of carbonyl (C=O) groups excluding carboxylic acids is 1. The standard InChI is InChI=1S/C13H10IN3O4/c1-21-11-6-8(2-4-10(11)17(19)20)13(18)16-12-5-3-9(14)7-15-12/h2-7H,1H3,(H,15,16,18). The highest BCUT2D eigenvalue weighted by Gasteiger charge is 2.17. The summed E-state index contributed by atoms with van der Waals surface area (Å²) >= 11 is 2.11. The number of hydrogen-bond acceptors (Lipinski definition) is 5. The summed E-state index contributed by atoms with van der Waals surface area (Å²) in [6.45, 7) is 0. The van der Waals surface area contributed by atoms with Crippen LogP contribution in [-0.2, 0) is 0 Å². The third-order valence-corrected chi connectivity index (χ3v) is 3.25. The predicted molar refractivity (Wildman–Crippen MR) is 84.6 cm³/mol. The van der Waals surface area contributed by atoms with Gasteiger partial charge in [0.1, 0.15) is 5.82 Å². The number of pyridine rings is 1. The molecule has 1 amide bonds. The highest BCUT2D eigenvalue weighted by Crippen LogP contribution is 2.27. The average molecular weight is 399 g/mol. The topological polar surface area (TPSA) is 94.4 Å². The van der Waals surface area contributed by atoms with Crippen LogP contribution in [-0.4, -0.2) is 22.9 Å². The minimum absolute atomic E-state index is 0.0308. The van der Waals surface area contributed by atoms with E-state index in [1.807, 2.05) is 0 Å². The number of amides is 1. The minimum atomic E-state index is -0.568. The average Bonchev–Trinajstić information content (AvgIpc) is 2.48. The van der Waals surface area contributed by atoms with Gasteiger partial charge in [-0.05, 0) is 40.8 Å². The van der Waals surface area contributed by atoms with Crippen molar-refractivity contribution < 1.29 is 14.5 Å². The highest BCUT2D eigenvalue weighted by molar-refractivity contribution is 14.1. The molecule has 0 spiro atoms. The van der Waals surface area contributed by atoms with Gasteiger partial charge in [-0.2, -0.15) is 0 Å². The number of aromatic nitrogens is 1. The number of nitro benzene ring substituents is 1. The van der Waals surface area contributed by atoms with Crippen LogP contribution in [0.1, 0.15) is 10.4 Å². The molecule has 0 saturated heterocycles. The summed E-state index contributed by atoms with van der Waals surface area (Å²) in [6, 6.07) is 7.39. The van der Waals surface area contributed by atoms with E-state index in [0.717, 1.165) is 3.57 Å². The first-order valence-corrected chi connectivity index (χ1v) is 6.84. The van der Waals surface area contributed by atoms with Crippen LogP contribution < -0.4 is 10.1 Å². The molecule has 0 bridgehead atoms. The Balaban J connectivity index is 2.23. The van der Waals surface area contributed by atoms with Crippen LogP contribution in [0.2, 0.25) is 0 Å². The van der Waals surface area contributed by atoms with Crippen molar-refractivity contribution in [2.45, 2.75) is 0 Å². The highest BCUT2D eigenvalue weighted by atomic mass is 127. The molecule has 8 heteroatoms. The van der Waals surface area contributed by atoms with Crippen LogP contribution >= 0.6 is 22.6 Å². The van der Waals surface area contributed by atoms with Gasteiger partial charge in [-0.1, -0.05) is 0 Å². The number of carbonyl (C=O) groups is 1. The Hall–Kier alpha value is -2.23. The van der Waals surface area contributed by atoms with Gasteiger partial charge in [0.2, 0.25) is 0 Å². The first-order valence-electron chi connectivity index (χ1n) is 5.76. The minimum Gasteiger partial charge on any atom is -0.490 e. The Morgan fingerprint density at radius 2 is 2.14 bits per heavy atom. The lowest BCUT2D eigenvalue weighted by molar-refractivity contribution is -0.385. The Morgan fingerprint density at radius 1 is 1.38 bits per heavy atom. The summed E-state index contributed by atoms with van der Waals surface area (Å²) < 4.78 is 5.87. The van der Waals surface area contributed by atoms with E-state index in [1.165, 1.54) is 25.3 Å². The lowest BCUT2D eigenvalue weighted by Crippen LogP contribution is -2.13. The van der Waals surface area contributed by atoms with E-state index < -0.39 is 10.8 Å². The molecule has 0 aliphatic heterocycles. The SMILES string of the molecule is COc1cc(C(=O)Nc2ccc(I)cn2)ccc1[N+](=O)[O-]. The molecule has 1 N–H and O–H groups in total. The van der Waals surface area contributed by atoms with Crippen molar-refractivity contribution in [3.8, 4) is 5.75 Å². The number of anilines is 1. The molecule has 2 rings (SSSR count). The summed E-state index contributed by atoms with van der Waals surface area (Å²) in [5.41, 5.74) is 0.0549. The molecule has 21 heavy (non-hydrogen) atoms. The van der Waals surface area contributed by atoms with Crippen molar-refractivity contribution in [2.24, 2.45) is 0 Å². The zero-order valence-electron chi connectivity index (χ0n) is 10.9. The maximum absolute atomic E-state index is 12.1. The van der Waals surface area contributed by atoms with E-state index in [2.05, 4.69) is 32.9 Å². The van der Waals surface area contributed by atoms with Crippen molar-refractivity contribution in [2.75, 3.05) is 12.4 Å². The number of nitro groups is 1. The molecule has 0 aliphatic carbocycles. The summed E-state index contributed by atoms with van der Waals surface area (Å²) in [4.78, 5) is 26.4. The zero-order valence-corrected chi connectivity index (χ0v) is 13.0. The van der Waals surface area contributed by atoms with E-state index in [1.54, 1.807) is 18.3 Å². The molecule has 7 nitrogen and oxygen atoms in total. The van der Waals surface area contributed by atoms with E-state index >= 15 is 0 Å². The Kier molecular flexibility index (Phi) is 4.68. The zero-order chi connectivity index (χ0) is 15.4. The van der Waals surface area contributed by atoms with Gasteiger partial charge < -0.3 is 10.1 Å². The number of nitrogens with zero attached hydrogens (tertiary/aromatic N) is 2.